The molecule has 0 aliphatic carbocycles. The van der Waals surface area contributed by atoms with Crippen LogP contribution in [0.4, 0.5) is 4.79 Å². The van der Waals surface area contributed by atoms with Gasteiger partial charge in [-0.25, -0.2) is 9.59 Å². The zero-order chi connectivity index (χ0) is 14.3. The molecule has 0 fully saturated rings. The van der Waals surface area contributed by atoms with Crippen molar-refractivity contribution in [2.75, 3.05) is 0 Å². The third-order valence-corrected chi connectivity index (χ3v) is 2.50. The molecule has 0 aliphatic rings. The molecule has 1 rings (SSSR count). The normalized spacial score (nSPS) is 11.2. The van der Waals surface area contributed by atoms with Crippen LogP contribution in [-0.2, 0) is 11.3 Å². The molecule has 19 heavy (non-hydrogen) atoms. The minimum absolute atomic E-state index is 0.0483. The summed E-state index contributed by atoms with van der Waals surface area (Å²) in [6, 6.07) is 6.05. The number of carboxylic acid groups (broad SMARTS) is 1. The number of hydrogen-bond donors (Lipinski definition) is 3. The molecule has 5 heteroatoms. The van der Waals surface area contributed by atoms with Gasteiger partial charge in [-0.1, -0.05) is 29.8 Å². The maximum Gasteiger partial charge on any atom is 0.327 e. The van der Waals surface area contributed by atoms with E-state index < -0.39 is 18.0 Å². The number of amides is 2. The molecule has 0 heterocycles. The first kappa shape index (κ1) is 14.6. The highest BCUT2D eigenvalue weighted by molar-refractivity contribution is 5.82. The van der Waals surface area contributed by atoms with E-state index in [1.807, 2.05) is 31.2 Å². The molecule has 1 aromatic carbocycles. The molecule has 0 bridgehead atoms. The summed E-state index contributed by atoms with van der Waals surface area (Å²) < 4.78 is 0. The Bertz CT molecular complexity index is 488. The van der Waals surface area contributed by atoms with Crippen molar-refractivity contribution in [1.82, 2.24) is 10.6 Å². The van der Waals surface area contributed by atoms with Crippen LogP contribution in [0.15, 0.2) is 24.3 Å². The highest BCUT2D eigenvalue weighted by Gasteiger charge is 2.18. The average Bonchev–Trinajstić information content (AvgIpc) is 2.37. The molecule has 0 aliphatic heterocycles. The van der Waals surface area contributed by atoms with Gasteiger partial charge in [0.2, 0.25) is 0 Å². The van der Waals surface area contributed by atoms with Crippen LogP contribution in [-0.4, -0.2) is 23.1 Å². The monoisotopic (exact) mass is 260 g/mol. The third-order valence-electron chi connectivity index (χ3n) is 2.50. The van der Waals surface area contributed by atoms with E-state index in [0.29, 0.717) is 6.54 Å². The Morgan fingerprint density at radius 3 is 2.53 bits per heavy atom. The van der Waals surface area contributed by atoms with E-state index in [1.54, 1.807) is 0 Å². The number of benzene rings is 1. The molecule has 1 atom stereocenters. The minimum atomic E-state index is -1.15. The summed E-state index contributed by atoms with van der Waals surface area (Å²) in [4.78, 5) is 22.3. The Balaban J connectivity index is 2.45. The summed E-state index contributed by atoms with van der Waals surface area (Å²) in [6.07, 6.45) is 4.99. The summed E-state index contributed by atoms with van der Waals surface area (Å²) in [5.74, 6) is 1.06. The van der Waals surface area contributed by atoms with Crippen molar-refractivity contribution in [3.05, 3.63) is 35.4 Å². The summed E-state index contributed by atoms with van der Waals surface area (Å²) >= 11 is 0. The van der Waals surface area contributed by atoms with Crippen LogP contribution in [0, 0.1) is 19.3 Å². The lowest BCUT2D eigenvalue weighted by molar-refractivity contribution is -0.139. The fourth-order valence-corrected chi connectivity index (χ4v) is 1.42. The quantitative estimate of drug-likeness (QED) is 0.698. The van der Waals surface area contributed by atoms with E-state index in [9.17, 15) is 9.59 Å². The van der Waals surface area contributed by atoms with Crippen molar-refractivity contribution in [1.29, 1.82) is 0 Å². The lowest BCUT2D eigenvalue weighted by atomic mass is 10.1. The Morgan fingerprint density at radius 1 is 1.37 bits per heavy atom. The van der Waals surface area contributed by atoms with Crippen molar-refractivity contribution in [2.45, 2.75) is 25.9 Å². The summed E-state index contributed by atoms with van der Waals surface area (Å²) in [7, 11) is 0. The highest BCUT2D eigenvalue weighted by atomic mass is 16.4. The number of carbonyl (C=O) groups excluding carboxylic acids is 1. The van der Waals surface area contributed by atoms with Crippen LogP contribution < -0.4 is 10.6 Å². The number of carbonyl (C=O) groups is 2. The Hall–Kier alpha value is -2.48. The van der Waals surface area contributed by atoms with Crippen LogP contribution in [0.1, 0.15) is 17.5 Å². The molecule has 5 nitrogen and oxygen atoms in total. The Kier molecular flexibility index (Phi) is 5.42. The van der Waals surface area contributed by atoms with Gasteiger partial charge in [0.1, 0.15) is 6.04 Å². The first-order chi connectivity index (χ1) is 9.02. The number of aryl methyl sites for hydroxylation is 1. The Labute approximate surface area is 112 Å². The molecule has 1 unspecified atom stereocenters. The lowest BCUT2D eigenvalue weighted by Crippen LogP contribution is -2.45. The van der Waals surface area contributed by atoms with E-state index in [-0.39, 0.29) is 6.42 Å². The van der Waals surface area contributed by atoms with Crippen LogP contribution in [0.2, 0.25) is 0 Å². The van der Waals surface area contributed by atoms with Crippen molar-refractivity contribution in [3.63, 3.8) is 0 Å². The lowest BCUT2D eigenvalue weighted by Gasteiger charge is -2.12. The van der Waals surface area contributed by atoms with Gasteiger partial charge >= 0.3 is 12.0 Å². The van der Waals surface area contributed by atoms with E-state index in [1.165, 1.54) is 0 Å². The fourth-order valence-electron chi connectivity index (χ4n) is 1.42. The number of carboxylic acids is 1. The van der Waals surface area contributed by atoms with Crippen LogP contribution in [0.3, 0.4) is 0 Å². The number of urea groups is 1. The smallest absolute Gasteiger partial charge is 0.327 e. The maximum absolute atomic E-state index is 11.5. The Morgan fingerprint density at radius 2 is 2.00 bits per heavy atom. The van der Waals surface area contributed by atoms with Crippen molar-refractivity contribution in [3.8, 4) is 12.3 Å². The summed E-state index contributed by atoms with van der Waals surface area (Å²) in [5.41, 5.74) is 2.07. The minimum Gasteiger partial charge on any atom is -0.480 e. The zero-order valence-electron chi connectivity index (χ0n) is 10.6. The number of hydrogen-bond acceptors (Lipinski definition) is 2. The fraction of sp³-hybridized carbons (Fsp3) is 0.286. The molecule has 0 saturated heterocycles. The molecule has 0 aromatic heterocycles. The standard InChI is InChI=1S/C14H16N2O3/c1-3-4-12(13(17)18)16-14(19)15-9-11-7-5-10(2)6-8-11/h1,5-8,12H,4,9H2,2H3,(H,17,18)(H2,15,16,19). The number of rotatable bonds is 5. The number of nitrogens with one attached hydrogen (secondary N) is 2. The van der Waals surface area contributed by atoms with Gasteiger partial charge in [0, 0.05) is 13.0 Å². The molecule has 1 aromatic rings. The van der Waals surface area contributed by atoms with Crippen molar-refractivity contribution in [2.24, 2.45) is 0 Å². The van der Waals surface area contributed by atoms with Gasteiger partial charge in [-0.05, 0) is 12.5 Å². The first-order valence-electron chi connectivity index (χ1n) is 5.79. The molecule has 3 N–H and O–H groups in total. The number of aliphatic carboxylic acids is 1. The van der Waals surface area contributed by atoms with Crippen LogP contribution >= 0.6 is 0 Å². The molecular weight excluding hydrogens is 244 g/mol. The van der Waals surface area contributed by atoms with Crippen molar-refractivity contribution < 1.29 is 14.7 Å². The SMILES string of the molecule is C#CCC(NC(=O)NCc1ccc(C)cc1)C(=O)O. The van der Waals surface area contributed by atoms with Crippen LogP contribution in [0.5, 0.6) is 0 Å². The maximum atomic E-state index is 11.5. The first-order valence-corrected chi connectivity index (χ1v) is 5.79. The van der Waals surface area contributed by atoms with Gasteiger partial charge in [-0.15, -0.1) is 12.3 Å². The van der Waals surface area contributed by atoms with Gasteiger partial charge in [-0.2, -0.15) is 0 Å². The summed E-state index contributed by atoms with van der Waals surface area (Å²) in [6.45, 7) is 2.30. The molecular formula is C14H16N2O3. The molecule has 2 amide bonds. The molecule has 100 valence electrons. The largest absolute Gasteiger partial charge is 0.480 e. The second-order valence-electron chi connectivity index (χ2n) is 4.11. The van der Waals surface area contributed by atoms with Gasteiger partial charge in [0.25, 0.3) is 0 Å². The zero-order valence-corrected chi connectivity index (χ0v) is 10.6. The van der Waals surface area contributed by atoms with Crippen LogP contribution in [0.25, 0.3) is 0 Å². The molecule has 0 saturated carbocycles. The predicted octanol–water partition coefficient (Wildman–Crippen LogP) is 1.27. The third kappa shape index (κ3) is 5.13. The average molecular weight is 260 g/mol. The van der Waals surface area contributed by atoms with E-state index in [2.05, 4.69) is 16.6 Å². The van der Waals surface area contributed by atoms with Gasteiger partial charge < -0.3 is 15.7 Å². The van der Waals surface area contributed by atoms with E-state index >= 15 is 0 Å². The molecule has 0 radical (unpaired) electrons. The van der Waals surface area contributed by atoms with E-state index in [0.717, 1.165) is 11.1 Å². The van der Waals surface area contributed by atoms with Crippen molar-refractivity contribution >= 4 is 12.0 Å². The second kappa shape index (κ2) is 7.07. The topological polar surface area (TPSA) is 78.4 Å². The van der Waals surface area contributed by atoms with E-state index in [4.69, 9.17) is 11.5 Å². The predicted molar refractivity (Wildman–Crippen MR) is 71.4 cm³/mol. The van der Waals surface area contributed by atoms with Gasteiger partial charge in [0.15, 0.2) is 0 Å². The number of terminal acetylenes is 1. The molecule has 0 spiro atoms. The second-order valence-corrected chi connectivity index (χ2v) is 4.11. The highest BCUT2D eigenvalue weighted by Crippen LogP contribution is 2.02. The summed E-state index contributed by atoms with van der Waals surface area (Å²) in [5, 5.41) is 13.7. The van der Waals surface area contributed by atoms with Gasteiger partial charge in [0.05, 0.1) is 0 Å². The van der Waals surface area contributed by atoms with Gasteiger partial charge in [-0.3, -0.25) is 0 Å².